The van der Waals surface area contributed by atoms with Crippen molar-refractivity contribution in [1.29, 1.82) is 0 Å². The van der Waals surface area contributed by atoms with Gasteiger partial charge in [-0.3, -0.25) is 0 Å². The molecule has 1 aliphatic rings. The number of hydrogen-bond donors (Lipinski definition) is 2. The highest BCUT2D eigenvalue weighted by atomic mass is 35.5. The van der Waals surface area contributed by atoms with E-state index >= 15 is 0 Å². The van der Waals surface area contributed by atoms with Gasteiger partial charge >= 0.3 is 0 Å². The predicted molar refractivity (Wildman–Crippen MR) is 86.1 cm³/mol. The Kier molecular flexibility index (Phi) is 5.21. The third kappa shape index (κ3) is 3.92. The molecule has 21 heavy (non-hydrogen) atoms. The molecule has 5 nitrogen and oxygen atoms in total. The minimum atomic E-state index is -3.60. The van der Waals surface area contributed by atoms with Crippen LogP contribution in [0.4, 0.5) is 0 Å². The highest BCUT2D eigenvalue weighted by Gasteiger charge is 2.33. The lowest BCUT2D eigenvalue weighted by atomic mass is 9.90. The van der Waals surface area contributed by atoms with Crippen LogP contribution < -0.4 is 10.5 Å². The number of benzene rings is 1. The molecule has 0 amide bonds. The van der Waals surface area contributed by atoms with Gasteiger partial charge in [-0.1, -0.05) is 23.8 Å². The maximum absolute atomic E-state index is 12.3. The van der Waals surface area contributed by atoms with Crippen molar-refractivity contribution in [2.75, 3.05) is 6.61 Å². The van der Waals surface area contributed by atoms with Gasteiger partial charge in [-0.05, 0) is 38.0 Å². The Balaban J connectivity index is 2.07. The number of sulfonamides is 1. The molecule has 8 heteroatoms. The van der Waals surface area contributed by atoms with E-state index in [1.807, 2.05) is 6.92 Å². The molecule has 1 fully saturated rings. The summed E-state index contributed by atoms with van der Waals surface area (Å²) >= 11 is 10.8. The molecule has 0 spiro atoms. The third-order valence-corrected chi connectivity index (χ3v) is 5.39. The van der Waals surface area contributed by atoms with E-state index in [1.54, 1.807) is 0 Å². The molecule has 2 rings (SSSR count). The normalized spacial score (nSPS) is 21.8. The van der Waals surface area contributed by atoms with Crippen molar-refractivity contribution >= 4 is 38.8 Å². The predicted octanol–water partition coefficient (Wildman–Crippen LogP) is 1.82. The zero-order valence-corrected chi connectivity index (χ0v) is 13.9. The Labute approximate surface area is 134 Å². The first-order valence-electron chi connectivity index (χ1n) is 6.56. The average Bonchev–Trinajstić information content (AvgIpc) is 2.35. The maximum Gasteiger partial charge on any atom is 0.240 e. The quantitative estimate of drug-likeness (QED) is 0.766. The monoisotopic (exact) mass is 348 g/mol. The lowest BCUT2D eigenvalue weighted by molar-refractivity contribution is -0.00475. The first-order chi connectivity index (χ1) is 9.83. The van der Waals surface area contributed by atoms with E-state index in [4.69, 9.17) is 34.3 Å². The summed E-state index contributed by atoms with van der Waals surface area (Å²) in [6.07, 6.45) is 1.51. The molecule has 0 radical (unpaired) electrons. The van der Waals surface area contributed by atoms with E-state index in [1.165, 1.54) is 18.2 Å². The van der Waals surface area contributed by atoms with Crippen molar-refractivity contribution in [3.05, 3.63) is 28.8 Å². The van der Waals surface area contributed by atoms with Crippen LogP contribution in [-0.2, 0) is 14.8 Å². The number of halogens is 1. The van der Waals surface area contributed by atoms with Crippen molar-refractivity contribution in [2.45, 2.75) is 36.8 Å². The summed E-state index contributed by atoms with van der Waals surface area (Å²) in [6.45, 7) is 2.56. The van der Waals surface area contributed by atoms with Crippen molar-refractivity contribution in [3.8, 4) is 0 Å². The SMILES string of the molecule is CCOC1CC(NS(=O)(=O)c2ccc(C(N)=S)c(Cl)c2)C1. The summed E-state index contributed by atoms with van der Waals surface area (Å²) in [5.74, 6) is 0. The molecule has 0 atom stereocenters. The van der Waals surface area contributed by atoms with Crippen LogP contribution in [0.25, 0.3) is 0 Å². The second kappa shape index (κ2) is 6.58. The van der Waals surface area contributed by atoms with Gasteiger partial charge in [0.1, 0.15) is 4.99 Å². The molecule has 1 aromatic rings. The molecule has 0 saturated heterocycles. The molecule has 3 N–H and O–H groups in total. The fourth-order valence-electron chi connectivity index (χ4n) is 2.18. The van der Waals surface area contributed by atoms with Crippen LogP contribution >= 0.6 is 23.8 Å². The fraction of sp³-hybridized carbons (Fsp3) is 0.462. The topological polar surface area (TPSA) is 81.4 Å². The van der Waals surface area contributed by atoms with Gasteiger partial charge in [0, 0.05) is 18.2 Å². The molecular weight excluding hydrogens is 332 g/mol. The van der Waals surface area contributed by atoms with Crippen LogP contribution in [0.2, 0.25) is 5.02 Å². The van der Waals surface area contributed by atoms with Gasteiger partial charge in [0.15, 0.2) is 0 Å². The van der Waals surface area contributed by atoms with Crippen LogP contribution in [0.15, 0.2) is 23.1 Å². The maximum atomic E-state index is 12.3. The highest BCUT2D eigenvalue weighted by Crippen LogP contribution is 2.26. The summed E-state index contributed by atoms with van der Waals surface area (Å²) < 4.78 is 32.6. The van der Waals surface area contributed by atoms with Crippen LogP contribution in [0, 0.1) is 0 Å². The fourth-order valence-corrected chi connectivity index (χ4v) is 4.05. The number of nitrogens with two attached hydrogens (primary N) is 1. The Morgan fingerprint density at radius 3 is 2.71 bits per heavy atom. The second-order valence-corrected chi connectivity index (χ2v) is 7.43. The average molecular weight is 349 g/mol. The van der Waals surface area contributed by atoms with Crippen LogP contribution in [-0.4, -0.2) is 32.2 Å². The van der Waals surface area contributed by atoms with E-state index in [0.717, 1.165) is 0 Å². The molecule has 1 aliphatic carbocycles. The number of thiocarbonyl (C=S) groups is 1. The van der Waals surface area contributed by atoms with Gasteiger partial charge < -0.3 is 10.5 Å². The molecule has 0 unspecified atom stereocenters. The van der Waals surface area contributed by atoms with Gasteiger partial charge in [0.25, 0.3) is 0 Å². The summed E-state index contributed by atoms with van der Waals surface area (Å²) in [4.78, 5) is 0.239. The summed E-state index contributed by atoms with van der Waals surface area (Å²) in [7, 11) is -3.60. The van der Waals surface area contributed by atoms with E-state index in [0.29, 0.717) is 25.0 Å². The summed E-state index contributed by atoms with van der Waals surface area (Å²) in [5, 5.41) is 0.228. The van der Waals surface area contributed by atoms with Crippen LogP contribution in [0.1, 0.15) is 25.3 Å². The van der Waals surface area contributed by atoms with Crippen LogP contribution in [0.5, 0.6) is 0 Å². The summed E-state index contributed by atoms with van der Waals surface area (Å²) in [5.41, 5.74) is 5.96. The van der Waals surface area contributed by atoms with Crippen molar-refractivity contribution in [2.24, 2.45) is 5.73 Å². The number of nitrogens with one attached hydrogen (secondary N) is 1. The molecule has 0 bridgehead atoms. The molecule has 116 valence electrons. The largest absolute Gasteiger partial charge is 0.389 e. The Morgan fingerprint density at radius 1 is 1.52 bits per heavy atom. The summed E-state index contributed by atoms with van der Waals surface area (Å²) in [6, 6.07) is 4.22. The van der Waals surface area contributed by atoms with Crippen molar-refractivity contribution in [3.63, 3.8) is 0 Å². The minimum absolute atomic E-state index is 0.0967. The standard InChI is InChI=1S/C13H17ClN2O3S2/c1-2-19-9-5-8(6-9)16-21(17,18)10-3-4-11(13(15)20)12(14)7-10/h3-4,7-9,16H,2,5-6H2,1H3,(H2,15,20). The smallest absolute Gasteiger partial charge is 0.240 e. The van der Waals surface area contributed by atoms with Crippen molar-refractivity contribution < 1.29 is 13.2 Å². The molecule has 0 heterocycles. The van der Waals surface area contributed by atoms with Crippen molar-refractivity contribution in [1.82, 2.24) is 4.72 Å². The van der Waals surface area contributed by atoms with Gasteiger partial charge in [-0.2, -0.15) is 0 Å². The zero-order valence-electron chi connectivity index (χ0n) is 11.5. The van der Waals surface area contributed by atoms with Gasteiger partial charge in [-0.25, -0.2) is 13.1 Å². The lowest BCUT2D eigenvalue weighted by Gasteiger charge is -2.35. The van der Waals surface area contributed by atoms with E-state index < -0.39 is 10.0 Å². The first kappa shape index (κ1) is 16.6. The van der Waals surface area contributed by atoms with Gasteiger partial charge in [0.05, 0.1) is 16.0 Å². The number of rotatable bonds is 6. The zero-order chi connectivity index (χ0) is 15.6. The third-order valence-electron chi connectivity index (χ3n) is 3.34. The first-order valence-corrected chi connectivity index (χ1v) is 8.83. The Hall–Kier alpha value is -0.730. The number of ether oxygens (including phenoxy) is 1. The Morgan fingerprint density at radius 2 is 2.19 bits per heavy atom. The molecule has 0 aliphatic heterocycles. The van der Waals surface area contributed by atoms with Crippen LogP contribution in [0.3, 0.4) is 0 Å². The minimum Gasteiger partial charge on any atom is -0.389 e. The van der Waals surface area contributed by atoms with E-state index in [9.17, 15) is 8.42 Å². The van der Waals surface area contributed by atoms with Gasteiger partial charge in [0.2, 0.25) is 10.0 Å². The van der Waals surface area contributed by atoms with E-state index in [2.05, 4.69) is 4.72 Å². The van der Waals surface area contributed by atoms with Gasteiger partial charge in [-0.15, -0.1) is 0 Å². The Bertz CT molecular complexity index is 643. The highest BCUT2D eigenvalue weighted by molar-refractivity contribution is 7.89. The lowest BCUT2D eigenvalue weighted by Crippen LogP contribution is -2.47. The molecule has 0 aromatic heterocycles. The van der Waals surface area contributed by atoms with E-state index in [-0.39, 0.29) is 27.1 Å². The second-order valence-electron chi connectivity index (χ2n) is 4.87. The molecule has 1 aromatic carbocycles. The molecular formula is C13H17ClN2O3S2. The molecule has 1 saturated carbocycles. The number of hydrogen-bond acceptors (Lipinski definition) is 4.